The third-order valence-corrected chi connectivity index (χ3v) is 35.3. The van der Waals surface area contributed by atoms with Gasteiger partial charge < -0.3 is 17.3 Å². The van der Waals surface area contributed by atoms with Crippen LogP contribution in [0.2, 0.25) is 0 Å². The van der Waals surface area contributed by atoms with Gasteiger partial charge in [-0.1, -0.05) is 382 Å². The van der Waals surface area contributed by atoms with Crippen molar-refractivity contribution in [2.75, 3.05) is 0 Å². The fourth-order valence-corrected chi connectivity index (χ4v) is 35.3. The van der Waals surface area contributed by atoms with Crippen LogP contribution >= 0.6 is 36.1 Å². The van der Waals surface area contributed by atoms with E-state index in [0.29, 0.717) is 0 Å². The van der Waals surface area contributed by atoms with Crippen LogP contribution in [0.4, 0.5) is 17.3 Å². The standard InChI is InChI=1S/C72H60N4P5.BF4/c1-13-37-61(38-14-1)77(62-39-15-2-16-40-62,63-41-17-3-18-42-63)73-81(74-78(64-43-19-4-20-44-64,65-45-21-5-22-46-65)66-47-23-6-24-48-66,75-79(67-49-25-7-26-50-67,68-51-27-8-28-52-68)69-53-29-9-30-54-69)76-80(70-55-31-10-32-56-70,71-57-33-11-34-58-71)72-59-35-12-36-60-72;2-1(3,4)5/h1-60H;/q+1;-1. The Hall–Kier alpha value is -8.23. The van der Waals surface area contributed by atoms with Crippen LogP contribution in [0.3, 0.4) is 0 Å². The molecule has 0 aromatic heterocycles. The lowest BCUT2D eigenvalue weighted by molar-refractivity contribution is 0.368. The normalized spacial score (nSPS) is 12.0. The molecule has 14 heteroatoms. The Morgan fingerprint density at radius 2 is 0.256 bits per heavy atom. The highest BCUT2D eigenvalue weighted by Gasteiger charge is 2.54. The molecule has 0 bridgehead atoms. The molecule has 424 valence electrons. The van der Waals surface area contributed by atoms with Crippen molar-refractivity contribution in [1.29, 1.82) is 0 Å². The monoisotopic (exact) mass is 1220 g/mol. The Balaban J connectivity index is 0.00000148. The van der Waals surface area contributed by atoms with Gasteiger partial charge in [-0.05, 0) is 0 Å². The predicted octanol–water partition coefficient (Wildman–Crippen LogP) is 16.7. The molecule has 86 heavy (non-hydrogen) atoms. The Morgan fingerprint density at radius 1 is 0.174 bits per heavy atom. The van der Waals surface area contributed by atoms with E-state index in [2.05, 4.69) is 364 Å². The van der Waals surface area contributed by atoms with E-state index in [1.807, 2.05) is 0 Å². The van der Waals surface area contributed by atoms with Gasteiger partial charge in [-0.3, -0.25) is 0 Å². The van der Waals surface area contributed by atoms with Crippen LogP contribution in [-0.4, -0.2) is 7.25 Å². The molecule has 0 radical (unpaired) electrons. The highest BCUT2D eigenvalue weighted by Crippen LogP contribution is 2.83. The van der Waals surface area contributed by atoms with E-state index in [1.165, 1.54) is 0 Å². The van der Waals surface area contributed by atoms with Crippen LogP contribution in [-0.2, 0) is 0 Å². The first-order chi connectivity index (χ1) is 42.1. The lowest BCUT2D eigenvalue weighted by Gasteiger charge is -2.33. The summed E-state index contributed by atoms with van der Waals surface area (Å²) in [6, 6.07) is 132. The van der Waals surface area contributed by atoms with Gasteiger partial charge in [0.25, 0.3) is 0 Å². The molecule has 12 rings (SSSR count). The topological polar surface area (TPSA) is 49.4 Å². The number of nitrogens with zero attached hydrogens (tertiary/aromatic N) is 4. The van der Waals surface area contributed by atoms with E-state index in [9.17, 15) is 17.3 Å². The maximum atomic E-state index is 9.75. The lowest BCUT2D eigenvalue weighted by Crippen LogP contribution is -2.28. The summed E-state index contributed by atoms with van der Waals surface area (Å²) in [7, 11) is -23.5. The van der Waals surface area contributed by atoms with Gasteiger partial charge in [-0.25, -0.2) is 0 Å². The molecular weight excluding hydrogens is 1160 g/mol. The molecule has 0 unspecified atom stereocenters. The predicted molar refractivity (Wildman–Crippen MR) is 367 cm³/mol. The zero-order valence-electron chi connectivity index (χ0n) is 46.8. The van der Waals surface area contributed by atoms with Gasteiger partial charge in [-0.2, -0.15) is 0 Å². The van der Waals surface area contributed by atoms with Gasteiger partial charge in [0.2, 0.25) is 0 Å². The molecule has 0 N–H and O–H groups in total. The molecule has 0 atom stereocenters. The molecule has 4 nitrogen and oxygen atoms in total. The van der Waals surface area contributed by atoms with Crippen molar-refractivity contribution in [3.63, 3.8) is 0 Å². The van der Waals surface area contributed by atoms with E-state index in [0.717, 1.165) is 63.7 Å². The molecule has 0 saturated carbocycles. The van der Waals surface area contributed by atoms with Gasteiger partial charge in [0, 0.05) is 63.7 Å². The third-order valence-electron chi connectivity index (χ3n) is 14.6. The minimum atomic E-state index is -6.00. The molecule has 12 aromatic carbocycles. The largest absolute Gasteiger partial charge is 0.673 e. The summed E-state index contributed by atoms with van der Waals surface area (Å²) in [6.45, 7) is 0. The van der Waals surface area contributed by atoms with E-state index in [1.54, 1.807) is 0 Å². The highest BCUT2D eigenvalue weighted by molar-refractivity contribution is 8.02. The van der Waals surface area contributed by atoms with Crippen molar-refractivity contribution in [3.05, 3.63) is 364 Å². The van der Waals surface area contributed by atoms with Gasteiger partial charge in [0.15, 0.2) is 0 Å². The van der Waals surface area contributed by atoms with E-state index < -0.39 is 43.3 Å². The van der Waals surface area contributed by atoms with E-state index >= 15 is 0 Å². The van der Waals surface area contributed by atoms with E-state index in [-0.39, 0.29) is 0 Å². The zero-order valence-corrected chi connectivity index (χ0v) is 51.2. The second-order valence-corrected chi connectivity index (χ2v) is 35.2. The fraction of sp³-hybridized carbons (Fsp3) is 0. The number of halogens is 4. The first-order valence-electron chi connectivity index (χ1n) is 28.1. The summed E-state index contributed by atoms with van der Waals surface area (Å²) in [6.07, 6.45) is 0. The SMILES string of the molecule is F[B-](F)(F)F.c1ccc(P(=N[P+](N=P(c2ccccc2)(c2ccccc2)c2ccccc2)(N=P(c2ccccc2)(c2ccccc2)c2ccccc2)N=P(c2ccccc2)(c2ccccc2)c2ccccc2)(c2ccccc2)c2ccccc2)cc1. The summed E-state index contributed by atoms with van der Waals surface area (Å²) in [5.41, 5.74) is 0. The quantitative estimate of drug-likeness (QED) is 0.0526. The smallest absolute Gasteiger partial charge is 0.418 e. The third kappa shape index (κ3) is 12.5. The van der Waals surface area contributed by atoms with Crippen LogP contribution in [0.1, 0.15) is 0 Å². The molecular formula is C72H60BF4N4P5. The van der Waals surface area contributed by atoms with Gasteiger partial charge in [0.1, 0.15) is 28.2 Å². The van der Waals surface area contributed by atoms with Crippen LogP contribution in [0.25, 0.3) is 0 Å². The van der Waals surface area contributed by atoms with Crippen molar-refractivity contribution in [2.45, 2.75) is 0 Å². The molecule has 0 fully saturated rings. The van der Waals surface area contributed by atoms with Gasteiger partial charge in [-0.15, -0.1) is 0 Å². The Morgan fingerprint density at radius 3 is 0.337 bits per heavy atom. The number of benzene rings is 12. The average Bonchev–Trinajstić information content (AvgIpc) is 0.989. The molecule has 0 aliphatic rings. The Labute approximate surface area is 503 Å². The Kier molecular flexibility index (Phi) is 18.7. The summed E-state index contributed by atoms with van der Waals surface area (Å²) >= 11 is 0. The highest BCUT2D eigenvalue weighted by atomic mass is 31.3. The number of rotatable bonds is 16. The summed E-state index contributed by atoms with van der Waals surface area (Å²) in [5, 5.41) is 13.0. The number of hydrogen-bond acceptors (Lipinski definition) is 4. The van der Waals surface area contributed by atoms with Crippen molar-refractivity contribution < 1.29 is 17.3 Å². The fourth-order valence-electron chi connectivity index (χ4n) is 11.0. The second kappa shape index (κ2) is 27.0. The van der Waals surface area contributed by atoms with Crippen LogP contribution in [0, 0.1) is 0 Å². The van der Waals surface area contributed by atoms with Crippen LogP contribution in [0.15, 0.2) is 382 Å². The van der Waals surface area contributed by atoms with E-state index in [4.69, 9.17) is 18.1 Å². The van der Waals surface area contributed by atoms with Gasteiger partial charge in [0.05, 0.1) is 0 Å². The minimum Gasteiger partial charge on any atom is -0.418 e. The molecule has 0 heterocycles. The molecule has 0 aliphatic heterocycles. The van der Waals surface area contributed by atoms with Crippen LogP contribution in [0.5, 0.6) is 0 Å². The molecule has 0 saturated heterocycles. The van der Waals surface area contributed by atoms with Gasteiger partial charge >= 0.3 is 15.1 Å². The molecule has 0 aliphatic carbocycles. The first-order valence-corrected chi connectivity index (χ1v) is 36.7. The zero-order chi connectivity index (χ0) is 59.2. The molecule has 0 amide bonds. The second-order valence-electron chi connectivity index (χ2n) is 20.0. The molecule has 0 spiro atoms. The first kappa shape index (κ1) is 59.5. The van der Waals surface area contributed by atoms with Crippen molar-refractivity contribution in [2.24, 2.45) is 18.1 Å². The summed E-state index contributed by atoms with van der Waals surface area (Å²) < 4.78 is 67.6. The van der Waals surface area contributed by atoms with Crippen molar-refractivity contribution >= 4 is 107 Å². The van der Waals surface area contributed by atoms with Crippen LogP contribution < -0.4 is 63.7 Å². The number of hydrogen-bond donors (Lipinski definition) is 0. The van der Waals surface area contributed by atoms with Crippen molar-refractivity contribution in [1.82, 2.24) is 0 Å². The average molecular weight is 1220 g/mol. The molecule has 12 aromatic rings. The maximum Gasteiger partial charge on any atom is 0.673 e. The Bertz CT molecular complexity index is 3360. The lowest BCUT2D eigenvalue weighted by atomic mass is 10.3. The van der Waals surface area contributed by atoms with Crippen molar-refractivity contribution in [3.8, 4) is 0 Å². The summed E-state index contributed by atoms with van der Waals surface area (Å²) in [5.74, 6) is 0. The summed E-state index contributed by atoms with van der Waals surface area (Å²) in [4.78, 5) is 0. The minimum absolute atomic E-state index is 1.08. The maximum absolute atomic E-state index is 9.75.